The molecule has 0 aliphatic carbocycles. The van der Waals surface area contributed by atoms with Gasteiger partial charge < -0.3 is 15.0 Å². The van der Waals surface area contributed by atoms with E-state index in [2.05, 4.69) is 50.4 Å². The molecule has 4 heterocycles. The first-order valence-corrected chi connectivity index (χ1v) is 11.8. The van der Waals surface area contributed by atoms with Crippen molar-refractivity contribution in [1.82, 2.24) is 20.1 Å². The van der Waals surface area contributed by atoms with E-state index in [1.807, 2.05) is 32.2 Å². The van der Waals surface area contributed by atoms with Crippen molar-refractivity contribution >= 4 is 22.4 Å². The minimum absolute atomic E-state index is 0.0264. The van der Waals surface area contributed by atoms with E-state index in [0.29, 0.717) is 5.56 Å². The quantitative estimate of drug-likeness (QED) is 0.576. The van der Waals surface area contributed by atoms with Crippen LogP contribution in [0.3, 0.4) is 0 Å². The fraction of sp³-hybridized carbons (Fsp3) is 0.462. The highest BCUT2D eigenvalue weighted by molar-refractivity contribution is 5.94. The van der Waals surface area contributed by atoms with Crippen LogP contribution >= 0.6 is 0 Å². The maximum Gasteiger partial charge on any atom is 0.157 e. The average molecular weight is 458 g/mol. The first kappa shape index (κ1) is 22.5. The number of nitrogens with one attached hydrogen (secondary N) is 1. The fourth-order valence-electron chi connectivity index (χ4n) is 5.33. The zero-order valence-corrected chi connectivity index (χ0v) is 20.3. The molecule has 2 aromatic heterocycles. The topological polar surface area (TPSA) is 90.2 Å². The summed E-state index contributed by atoms with van der Waals surface area (Å²) in [5, 5.41) is 23.9. The molecule has 8 heteroatoms. The molecule has 0 saturated carbocycles. The van der Waals surface area contributed by atoms with Crippen molar-refractivity contribution in [1.29, 1.82) is 5.26 Å². The molecule has 2 saturated heterocycles. The van der Waals surface area contributed by atoms with Crippen molar-refractivity contribution in [3.05, 3.63) is 52.8 Å². The maximum atomic E-state index is 9.41. The SMILES string of the molecule is COCCN1CC2(CCN2c2cc3c(N[C@H](C)c4cccc(C#N)c4C)nnc(C)c3cn2)C1. The maximum absolute atomic E-state index is 9.41. The number of aryl methyl sites for hydroxylation is 1. The minimum atomic E-state index is -0.0264. The summed E-state index contributed by atoms with van der Waals surface area (Å²) >= 11 is 0. The normalized spacial score (nSPS) is 17.8. The van der Waals surface area contributed by atoms with Crippen molar-refractivity contribution < 1.29 is 4.74 Å². The lowest BCUT2D eigenvalue weighted by Gasteiger charge is -2.63. The number of benzene rings is 1. The number of aromatic nitrogens is 3. The van der Waals surface area contributed by atoms with E-state index in [1.165, 1.54) is 6.42 Å². The summed E-state index contributed by atoms with van der Waals surface area (Å²) in [6, 6.07) is 10.2. The van der Waals surface area contributed by atoms with E-state index in [9.17, 15) is 5.26 Å². The van der Waals surface area contributed by atoms with Gasteiger partial charge in [0.1, 0.15) is 5.82 Å². The van der Waals surface area contributed by atoms with Crippen LogP contribution in [0.15, 0.2) is 30.5 Å². The van der Waals surface area contributed by atoms with Gasteiger partial charge in [0.2, 0.25) is 0 Å². The largest absolute Gasteiger partial charge is 0.383 e. The summed E-state index contributed by atoms with van der Waals surface area (Å²) in [6.45, 7) is 10.9. The van der Waals surface area contributed by atoms with Gasteiger partial charge in [0.25, 0.3) is 0 Å². The number of nitriles is 1. The third kappa shape index (κ3) is 3.75. The van der Waals surface area contributed by atoms with Crippen molar-refractivity contribution in [3.8, 4) is 6.07 Å². The Kier molecular flexibility index (Phi) is 5.84. The average Bonchev–Trinajstić information content (AvgIpc) is 2.79. The second-order valence-electron chi connectivity index (χ2n) is 9.55. The van der Waals surface area contributed by atoms with Crippen LogP contribution in [0.25, 0.3) is 10.8 Å². The van der Waals surface area contributed by atoms with Crippen molar-refractivity contribution in [2.75, 3.05) is 50.1 Å². The molecule has 1 aromatic carbocycles. The predicted molar refractivity (Wildman–Crippen MR) is 133 cm³/mol. The predicted octanol–water partition coefficient (Wildman–Crippen LogP) is 3.60. The number of nitrogens with zero attached hydrogens (tertiary/aromatic N) is 6. The van der Waals surface area contributed by atoms with Gasteiger partial charge in [-0.05, 0) is 50.5 Å². The number of hydrogen-bond acceptors (Lipinski definition) is 8. The molecule has 1 atom stereocenters. The molecule has 8 nitrogen and oxygen atoms in total. The highest BCUT2D eigenvalue weighted by Gasteiger charge is 2.53. The van der Waals surface area contributed by atoms with Crippen LogP contribution in [-0.2, 0) is 4.74 Å². The zero-order valence-electron chi connectivity index (χ0n) is 20.3. The molecule has 176 valence electrons. The zero-order chi connectivity index (χ0) is 23.9. The van der Waals surface area contributed by atoms with E-state index in [1.54, 1.807) is 7.11 Å². The lowest BCUT2D eigenvalue weighted by Crippen LogP contribution is -2.77. The Morgan fingerprint density at radius 2 is 2.06 bits per heavy atom. The van der Waals surface area contributed by atoms with E-state index in [0.717, 1.165) is 72.0 Å². The van der Waals surface area contributed by atoms with Crippen LogP contribution in [0.2, 0.25) is 0 Å². The third-order valence-corrected chi connectivity index (χ3v) is 7.45. The van der Waals surface area contributed by atoms with Gasteiger partial charge in [-0.15, -0.1) is 5.10 Å². The summed E-state index contributed by atoms with van der Waals surface area (Å²) in [7, 11) is 1.75. The fourth-order valence-corrected chi connectivity index (χ4v) is 5.33. The molecule has 0 bridgehead atoms. The van der Waals surface area contributed by atoms with Gasteiger partial charge in [-0.3, -0.25) is 4.90 Å². The smallest absolute Gasteiger partial charge is 0.157 e. The Balaban J connectivity index is 1.43. The Labute approximate surface area is 200 Å². The minimum Gasteiger partial charge on any atom is -0.383 e. The van der Waals surface area contributed by atoms with E-state index in [4.69, 9.17) is 9.72 Å². The van der Waals surface area contributed by atoms with Gasteiger partial charge in [0, 0.05) is 50.3 Å². The van der Waals surface area contributed by atoms with Crippen LogP contribution in [-0.4, -0.2) is 65.5 Å². The van der Waals surface area contributed by atoms with Crippen molar-refractivity contribution in [2.24, 2.45) is 0 Å². The molecule has 0 radical (unpaired) electrons. The first-order chi connectivity index (χ1) is 16.5. The lowest BCUT2D eigenvalue weighted by molar-refractivity contribution is 0.00778. The molecule has 1 N–H and O–H groups in total. The van der Waals surface area contributed by atoms with Crippen molar-refractivity contribution in [3.63, 3.8) is 0 Å². The molecular formula is C26H31N7O. The number of likely N-dealkylation sites (tertiary alicyclic amines) is 1. The van der Waals surface area contributed by atoms with Crippen LogP contribution in [0.5, 0.6) is 0 Å². The molecule has 1 spiro atoms. The molecule has 0 amide bonds. The standard InChI is InChI=1S/C26H31N7O/c1-17-20(13-27)6-5-7-21(17)18(2)29-25-22-12-24(28-14-23(22)19(3)30-31-25)33-9-8-26(33)15-32(16-26)10-11-34-4/h5-7,12,14,18H,8-11,15-16H2,1-4H3,(H,29,31)/t18-/m1/s1. The lowest BCUT2D eigenvalue weighted by atomic mass is 9.77. The first-order valence-electron chi connectivity index (χ1n) is 11.8. The number of hydrogen-bond donors (Lipinski definition) is 1. The second-order valence-corrected chi connectivity index (χ2v) is 9.55. The Bertz CT molecular complexity index is 1260. The molecule has 3 aromatic rings. The summed E-state index contributed by atoms with van der Waals surface area (Å²) in [6.07, 6.45) is 3.12. The van der Waals surface area contributed by atoms with Gasteiger partial charge in [-0.25, -0.2) is 4.98 Å². The Morgan fingerprint density at radius 1 is 1.24 bits per heavy atom. The van der Waals surface area contributed by atoms with E-state index in [-0.39, 0.29) is 11.6 Å². The molecule has 0 unspecified atom stereocenters. The molecular weight excluding hydrogens is 426 g/mol. The van der Waals surface area contributed by atoms with Crippen molar-refractivity contribution in [2.45, 2.75) is 38.8 Å². The Morgan fingerprint density at radius 3 is 2.76 bits per heavy atom. The number of anilines is 2. The second kappa shape index (κ2) is 8.82. The van der Waals surface area contributed by atoms with Gasteiger partial charge in [0.15, 0.2) is 5.82 Å². The summed E-state index contributed by atoms with van der Waals surface area (Å²) in [5.74, 6) is 1.74. The molecule has 2 aliphatic heterocycles. The highest BCUT2D eigenvalue weighted by Crippen LogP contribution is 2.42. The number of ether oxygens (including phenoxy) is 1. The van der Waals surface area contributed by atoms with Crippen LogP contribution < -0.4 is 10.2 Å². The molecule has 2 aliphatic rings. The highest BCUT2D eigenvalue weighted by atomic mass is 16.5. The molecule has 34 heavy (non-hydrogen) atoms. The third-order valence-electron chi connectivity index (χ3n) is 7.45. The van der Waals surface area contributed by atoms with Gasteiger partial charge in [0.05, 0.1) is 35.5 Å². The number of rotatable bonds is 7. The summed E-state index contributed by atoms with van der Waals surface area (Å²) in [5.41, 5.74) is 3.82. The summed E-state index contributed by atoms with van der Waals surface area (Å²) < 4.78 is 5.23. The molecule has 2 fully saturated rings. The van der Waals surface area contributed by atoms with Gasteiger partial charge in [-0.2, -0.15) is 10.4 Å². The van der Waals surface area contributed by atoms with Crippen LogP contribution in [0.4, 0.5) is 11.6 Å². The van der Waals surface area contributed by atoms with E-state index < -0.39 is 0 Å². The summed E-state index contributed by atoms with van der Waals surface area (Å²) in [4.78, 5) is 9.71. The van der Waals surface area contributed by atoms with Crippen LogP contribution in [0.1, 0.15) is 41.8 Å². The Hall–Kier alpha value is -3.28. The number of pyridine rings is 1. The monoisotopic (exact) mass is 457 g/mol. The van der Waals surface area contributed by atoms with Gasteiger partial charge in [-0.1, -0.05) is 12.1 Å². The number of fused-ring (bicyclic) bond motifs is 1. The van der Waals surface area contributed by atoms with Gasteiger partial charge >= 0.3 is 0 Å². The van der Waals surface area contributed by atoms with Crippen LogP contribution in [0, 0.1) is 25.2 Å². The number of methoxy groups -OCH3 is 1. The molecule has 5 rings (SSSR count). The van der Waals surface area contributed by atoms with E-state index >= 15 is 0 Å².